The number of nitrogens with two attached hydrogens (primary N) is 1. The zero-order chi connectivity index (χ0) is 94.3. The monoisotopic (exact) mass is 1790 g/mol. The van der Waals surface area contributed by atoms with E-state index in [2.05, 4.69) is 47.5 Å². The fourth-order valence-electron chi connectivity index (χ4n) is 15.2. The first kappa shape index (κ1) is 101. The number of hydrogen-bond donors (Lipinski definition) is 13. The van der Waals surface area contributed by atoms with Gasteiger partial charge < -0.3 is 93.1 Å². The van der Waals surface area contributed by atoms with Gasteiger partial charge in [0.05, 0.1) is 31.8 Å². The average molecular weight is 1800 g/mol. The molecule has 1 fully saturated rings. The Balaban J connectivity index is 1.21. The van der Waals surface area contributed by atoms with Crippen molar-refractivity contribution < 1.29 is 92.0 Å². The number of thioether (sulfide) groups is 1. The molecule has 1 aliphatic rings. The number of phenols is 2. The standard InChI is InChI=1S/C94H119N15O19S/c1-11-12-32-76-92(126)106(7)53-81(115)99-73(49-82(116)117)88(122)104-83(57(4)5)94(128)108(9)77(45-59-26-18-14-19-27-59)89(123)102-74(44-62-35-39-66(111)40-36-62)91(125)105(6)52-80(114)98-72(48-64-50-96-69-31-23-22-30-68(64)69)87(121)101-71(43-61-33-37-65(110)38-34-61)86(120)100-70(41-56(2)3)85(119)103-75(84(118)97-51-79(95)113)55-129-54-67(112)47-63(42-58-24-16-13-17-25-58)90(124)109(10)78(93(127)107(76)8)46-60-28-20-15-21-29-60/h13-31,33-40,50,56-57,63,70-78,83,96,110-111H,11-12,32,41-49,51-55H2,1-10H3,(H2,95,113)(H,97,118)(H,98,114)(H,99,115)(H,100,120)(H,101,121)(H,102,123)(H,103,119)(H,104,122)(H,116,117)/t63-,70+,71-,72+,73+,74-,75+,76+,77+,78+,83+/m1/s1. The molecule has 1 aromatic heterocycles. The number of phenolic OH excluding ortho intramolecular Hbond substituents is 2. The van der Waals surface area contributed by atoms with Crippen LogP contribution in [0, 0.1) is 17.8 Å². The van der Waals surface area contributed by atoms with E-state index >= 15 is 38.4 Å². The number of para-hydroxylation sites is 1. The topological polar surface area (TPSA) is 488 Å². The number of rotatable bonds is 23. The number of fused-ring (bicyclic) bond motifs is 1. The van der Waals surface area contributed by atoms with Crippen molar-refractivity contribution in [3.63, 3.8) is 0 Å². The maximum atomic E-state index is 15.5. The molecule has 0 radical (unpaired) electrons. The molecule has 0 unspecified atom stereocenters. The van der Waals surface area contributed by atoms with Gasteiger partial charge in [-0.25, -0.2) is 0 Å². The second kappa shape index (κ2) is 49.0. The molecular weight excluding hydrogens is 1680 g/mol. The molecular formula is C94H119N15O19S. The molecule has 1 aliphatic heterocycles. The predicted octanol–water partition coefficient (Wildman–Crippen LogP) is 3.42. The number of aromatic amines is 1. The second-order valence-corrected chi connectivity index (χ2v) is 34.4. The fraction of sp³-hybridized carbons (Fsp3) is 0.426. The molecule has 0 saturated carbocycles. The molecule has 0 bridgehead atoms. The highest BCUT2D eigenvalue weighted by Gasteiger charge is 2.42. The van der Waals surface area contributed by atoms with Gasteiger partial charge >= 0.3 is 5.97 Å². The zero-order valence-corrected chi connectivity index (χ0v) is 75.1. The van der Waals surface area contributed by atoms with E-state index in [1.807, 2.05) is 6.92 Å². The Labute approximate surface area is 754 Å². The number of nitrogens with one attached hydrogen (secondary N) is 9. The number of carboxylic acids is 1. The Morgan fingerprint density at radius 2 is 0.946 bits per heavy atom. The summed E-state index contributed by atoms with van der Waals surface area (Å²) < 4.78 is 0. The van der Waals surface area contributed by atoms with E-state index in [4.69, 9.17) is 5.73 Å². The Bertz CT molecular complexity index is 5060. The number of likely N-dealkylation sites (N-methyl/N-ethyl adjacent to an activating group) is 5. The molecule has 690 valence electrons. The molecule has 2 heterocycles. The first-order valence-electron chi connectivity index (χ1n) is 42.9. The van der Waals surface area contributed by atoms with Crippen LogP contribution in [0.1, 0.15) is 107 Å². The molecule has 1 saturated heterocycles. The van der Waals surface area contributed by atoms with Crippen LogP contribution in [0.3, 0.4) is 0 Å². The van der Waals surface area contributed by atoms with Crippen LogP contribution in [0.25, 0.3) is 10.9 Å². The number of carbonyl (C=O) groups is 16. The minimum Gasteiger partial charge on any atom is -0.508 e. The summed E-state index contributed by atoms with van der Waals surface area (Å²) >= 11 is 0.891. The molecule has 8 rings (SSSR count). The quantitative estimate of drug-likeness (QED) is 0.0436. The van der Waals surface area contributed by atoms with Crippen LogP contribution in [0.15, 0.2) is 170 Å². The molecule has 6 aromatic carbocycles. The van der Waals surface area contributed by atoms with Crippen molar-refractivity contribution in [3.8, 4) is 11.5 Å². The zero-order valence-electron chi connectivity index (χ0n) is 74.3. The number of hydrogen-bond acceptors (Lipinski definition) is 19. The number of unbranched alkanes of at least 4 members (excludes halogenated alkanes) is 1. The normalized spacial score (nSPS) is 22.0. The number of aromatic hydroxyl groups is 2. The number of carbonyl (C=O) groups excluding carboxylic acids is 15. The van der Waals surface area contributed by atoms with Gasteiger partial charge in [-0.2, -0.15) is 11.8 Å². The Kier molecular flexibility index (Phi) is 38.4. The van der Waals surface area contributed by atoms with Crippen molar-refractivity contribution >= 4 is 117 Å². The Morgan fingerprint density at radius 3 is 1.49 bits per heavy atom. The van der Waals surface area contributed by atoms with Crippen LogP contribution in [-0.2, 0) is 115 Å². The van der Waals surface area contributed by atoms with Crippen molar-refractivity contribution in [2.45, 2.75) is 172 Å². The molecule has 11 atom stereocenters. The predicted molar refractivity (Wildman–Crippen MR) is 483 cm³/mol. The fourth-order valence-corrected chi connectivity index (χ4v) is 16.1. The number of H-pyrrole nitrogens is 1. The van der Waals surface area contributed by atoms with Crippen molar-refractivity contribution in [2.24, 2.45) is 23.5 Å². The van der Waals surface area contributed by atoms with Crippen molar-refractivity contribution in [1.82, 2.24) is 72.0 Å². The van der Waals surface area contributed by atoms with Crippen LogP contribution < -0.4 is 48.3 Å². The van der Waals surface area contributed by atoms with Crippen LogP contribution in [0.5, 0.6) is 11.5 Å². The number of aliphatic carboxylic acids is 1. The molecule has 14 amide bonds. The number of carboxylic acid groups (broad SMARTS) is 1. The highest BCUT2D eigenvalue weighted by Crippen LogP contribution is 2.26. The van der Waals surface area contributed by atoms with E-state index in [0.717, 1.165) is 26.5 Å². The lowest BCUT2D eigenvalue weighted by Gasteiger charge is -2.37. The summed E-state index contributed by atoms with van der Waals surface area (Å²) in [5.74, 6) is -17.9. The van der Waals surface area contributed by atoms with Gasteiger partial charge in [0.25, 0.3) is 0 Å². The summed E-state index contributed by atoms with van der Waals surface area (Å²) in [6.45, 7) is 6.22. The molecule has 0 aliphatic carbocycles. The minimum absolute atomic E-state index is 0.0171. The maximum Gasteiger partial charge on any atom is 0.305 e. The second-order valence-electron chi connectivity index (χ2n) is 33.4. The summed E-state index contributed by atoms with van der Waals surface area (Å²) in [7, 11) is 6.61. The van der Waals surface area contributed by atoms with E-state index in [1.165, 1.54) is 93.6 Å². The third-order valence-corrected chi connectivity index (χ3v) is 23.4. The van der Waals surface area contributed by atoms with Crippen molar-refractivity contribution in [1.29, 1.82) is 0 Å². The summed E-state index contributed by atoms with van der Waals surface area (Å²) in [6, 6.07) is 29.0. The van der Waals surface area contributed by atoms with Gasteiger partial charge in [0.1, 0.15) is 77.7 Å². The number of Topliss-reactive ketones (excluding diaryl/α,β-unsaturated/α-hetero) is 1. The molecule has 0 spiro atoms. The van der Waals surface area contributed by atoms with Gasteiger partial charge in [-0.3, -0.25) is 76.7 Å². The average Bonchev–Trinajstić information content (AvgIpc) is 1.50. The number of ketones is 1. The minimum atomic E-state index is -1.90. The van der Waals surface area contributed by atoms with Gasteiger partial charge in [-0.05, 0) is 94.8 Å². The third-order valence-electron chi connectivity index (χ3n) is 22.3. The van der Waals surface area contributed by atoms with Gasteiger partial charge in [-0.1, -0.05) is 181 Å². The number of aromatic nitrogens is 1. The lowest BCUT2D eigenvalue weighted by atomic mass is 9.92. The number of primary amides is 1. The van der Waals surface area contributed by atoms with E-state index in [0.29, 0.717) is 57.1 Å². The number of nitrogens with zero attached hydrogens (tertiary/aromatic N) is 5. The summed E-state index contributed by atoms with van der Waals surface area (Å²) in [5.41, 5.74) is 9.22. The van der Waals surface area contributed by atoms with Crippen LogP contribution >= 0.6 is 11.8 Å². The van der Waals surface area contributed by atoms with Crippen LogP contribution in [0.2, 0.25) is 0 Å². The summed E-state index contributed by atoms with van der Waals surface area (Å²) in [6.07, 6.45) is -0.133. The Hall–Kier alpha value is -13.5. The lowest BCUT2D eigenvalue weighted by molar-refractivity contribution is -0.152. The molecule has 35 heteroatoms. The molecule has 7 aromatic rings. The lowest BCUT2D eigenvalue weighted by Crippen LogP contribution is -2.61. The van der Waals surface area contributed by atoms with E-state index in [-0.39, 0.29) is 80.3 Å². The molecule has 129 heavy (non-hydrogen) atoms. The third kappa shape index (κ3) is 30.6. The highest BCUT2D eigenvalue weighted by molar-refractivity contribution is 8.00. The summed E-state index contributed by atoms with van der Waals surface area (Å²) in [5, 5.41) is 52.9. The van der Waals surface area contributed by atoms with Gasteiger partial charge in [0.2, 0.25) is 82.7 Å². The first-order chi connectivity index (χ1) is 61.4. The largest absolute Gasteiger partial charge is 0.508 e. The SMILES string of the molecule is CCCC[C@H]1C(=O)N(C)CC(=O)N[C@@H](CC(=O)O)C(=O)N[C@@H](C(C)C)C(=O)N(C)[C@@H](Cc2ccccc2)C(=O)N[C@H](Cc2ccc(O)cc2)C(=O)N(C)CC(=O)N[C@@H](Cc2c[nH]c3ccccc23)C(=O)N[C@H](Cc2ccc(O)cc2)C(=O)N[C@@H](CC(C)C)C(=O)N[C@H](C(=O)NCC(N)=O)CSCC(=O)C[C@@H](Cc2ccccc2)C(=O)N(C)[C@@H](Cc2ccccc2)C(=O)N1C. The van der Waals surface area contributed by atoms with Crippen LogP contribution in [-0.4, -0.2) is 266 Å². The molecule has 14 N–H and O–H groups in total. The van der Waals surface area contributed by atoms with Gasteiger partial charge in [-0.15, -0.1) is 0 Å². The number of amides is 14. The Morgan fingerprint density at radius 1 is 0.481 bits per heavy atom. The molecule has 34 nitrogen and oxygen atoms in total. The van der Waals surface area contributed by atoms with E-state index in [1.54, 1.807) is 149 Å². The maximum absolute atomic E-state index is 15.5. The highest BCUT2D eigenvalue weighted by atomic mass is 32.2. The first-order valence-corrected chi connectivity index (χ1v) is 44.0. The van der Waals surface area contributed by atoms with Crippen molar-refractivity contribution in [3.05, 3.63) is 203 Å². The van der Waals surface area contributed by atoms with Gasteiger partial charge in [0.15, 0.2) is 0 Å². The van der Waals surface area contributed by atoms with Gasteiger partial charge in [0, 0.05) is 103 Å². The van der Waals surface area contributed by atoms with Crippen molar-refractivity contribution in [2.75, 3.05) is 66.4 Å². The smallest absolute Gasteiger partial charge is 0.305 e. The summed E-state index contributed by atoms with van der Waals surface area (Å²) in [4.78, 5) is 244. The van der Waals surface area contributed by atoms with E-state index < -0.39 is 199 Å². The van der Waals surface area contributed by atoms with E-state index in [9.17, 15) is 53.7 Å². The van der Waals surface area contributed by atoms with Crippen LogP contribution in [0.4, 0.5) is 0 Å². The number of benzene rings is 6.